The molecule has 18 heavy (non-hydrogen) atoms. The summed E-state index contributed by atoms with van der Waals surface area (Å²) in [6.45, 7) is 0.608. The van der Waals surface area contributed by atoms with Gasteiger partial charge in [0, 0.05) is 29.4 Å². The van der Waals surface area contributed by atoms with Gasteiger partial charge in [0.1, 0.15) is 5.82 Å². The molecule has 2 rings (SSSR count). The van der Waals surface area contributed by atoms with Crippen LogP contribution in [0.25, 0.3) is 0 Å². The van der Waals surface area contributed by atoms with Crippen LogP contribution in [-0.2, 0) is 13.1 Å². The third-order valence-corrected chi connectivity index (χ3v) is 2.58. The zero-order chi connectivity index (χ0) is 13.1. The van der Waals surface area contributed by atoms with Crippen molar-refractivity contribution in [1.82, 2.24) is 9.78 Å². The fourth-order valence-corrected chi connectivity index (χ4v) is 1.62. The fourth-order valence-electron chi connectivity index (χ4n) is 1.62. The summed E-state index contributed by atoms with van der Waals surface area (Å²) >= 11 is 0. The van der Waals surface area contributed by atoms with Crippen LogP contribution in [0.5, 0.6) is 0 Å². The molecule has 5 nitrogen and oxygen atoms in total. The molecule has 0 unspecified atom stereocenters. The average Bonchev–Trinajstić information content (AvgIpc) is 2.79. The molecule has 0 bridgehead atoms. The van der Waals surface area contributed by atoms with Crippen LogP contribution in [0.3, 0.4) is 0 Å². The number of carbonyl (C=O) groups excluding carboxylic acids is 1. The summed E-state index contributed by atoms with van der Waals surface area (Å²) < 4.78 is 15.2. The van der Waals surface area contributed by atoms with Gasteiger partial charge in [-0.25, -0.2) is 4.39 Å². The Balaban J connectivity index is 2.27. The standard InChI is InChI=1S/C12H13FN4O/c13-11-2-1-9(12(15)18)3-10(11)7-17-6-8(4-14)5-16-17/h1-3,5-6H,4,7,14H2,(H2,15,18). The van der Waals surface area contributed by atoms with Gasteiger partial charge in [-0.3, -0.25) is 9.48 Å². The maximum Gasteiger partial charge on any atom is 0.248 e. The molecule has 0 saturated heterocycles. The normalized spacial score (nSPS) is 10.6. The van der Waals surface area contributed by atoms with Gasteiger partial charge in [-0.1, -0.05) is 0 Å². The lowest BCUT2D eigenvalue weighted by Gasteiger charge is -2.05. The fraction of sp³-hybridized carbons (Fsp3) is 0.167. The number of benzene rings is 1. The van der Waals surface area contributed by atoms with Gasteiger partial charge >= 0.3 is 0 Å². The van der Waals surface area contributed by atoms with Crippen LogP contribution >= 0.6 is 0 Å². The molecular formula is C12H13FN4O. The molecule has 1 amide bonds. The Morgan fingerprint density at radius 3 is 2.83 bits per heavy atom. The van der Waals surface area contributed by atoms with Gasteiger partial charge < -0.3 is 11.5 Å². The van der Waals surface area contributed by atoms with Crippen molar-refractivity contribution in [1.29, 1.82) is 0 Å². The number of primary amides is 1. The van der Waals surface area contributed by atoms with E-state index in [1.54, 1.807) is 17.1 Å². The number of halogens is 1. The Bertz CT molecular complexity index is 579. The van der Waals surface area contributed by atoms with E-state index in [0.717, 1.165) is 5.56 Å². The zero-order valence-electron chi connectivity index (χ0n) is 9.64. The summed E-state index contributed by atoms with van der Waals surface area (Å²) in [5.74, 6) is -0.982. The van der Waals surface area contributed by atoms with Crippen molar-refractivity contribution < 1.29 is 9.18 Å². The maximum atomic E-state index is 13.6. The second-order valence-electron chi connectivity index (χ2n) is 3.92. The first-order valence-electron chi connectivity index (χ1n) is 5.40. The molecule has 1 heterocycles. The van der Waals surface area contributed by atoms with Crippen LogP contribution in [0.2, 0.25) is 0 Å². The summed E-state index contributed by atoms with van der Waals surface area (Å²) in [7, 11) is 0. The number of hydrogen-bond donors (Lipinski definition) is 2. The van der Waals surface area contributed by atoms with E-state index in [2.05, 4.69) is 5.10 Å². The van der Waals surface area contributed by atoms with E-state index in [-0.39, 0.29) is 12.1 Å². The summed E-state index contributed by atoms with van der Waals surface area (Å²) in [4.78, 5) is 11.0. The highest BCUT2D eigenvalue weighted by atomic mass is 19.1. The molecule has 94 valence electrons. The average molecular weight is 248 g/mol. The van der Waals surface area contributed by atoms with E-state index < -0.39 is 11.7 Å². The molecule has 0 saturated carbocycles. The van der Waals surface area contributed by atoms with Crippen molar-refractivity contribution in [3.63, 3.8) is 0 Å². The SMILES string of the molecule is NCc1cnn(Cc2cc(C(N)=O)ccc2F)c1. The molecule has 0 aliphatic rings. The number of nitrogens with two attached hydrogens (primary N) is 2. The number of aromatic nitrogens is 2. The van der Waals surface area contributed by atoms with Gasteiger partial charge in [0.15, 0.2) is 0 Å². The lowest BCUT2D eigenvalue weighted by Crippen LogP contribution is -2.12. The Morgan fingerprint density at radius 2 is 2.22 bits per heavy atom. The van der Waals surface area contributed by atoms with Crippen molar-refractivity contribution in [2.24, 2.45) is 11.5 Å². The van der Waals surface area contributed by atoms with E-state index in [9.17, 15) is 9.18 Å². The molecule has 0 aliphatic carbocycles. The van der Waals surface area contributed by atoms with Crippen LogP contribution in [0.15, 0.2) is 30.6 Å². The molecule has 4 N–H and O–H groups in total. The van der Waals surface area contributed by atoms with Crippen LogP contribution in [-0.4, -0.2) is 15.7 Å². The molecule has 0 radical (unpaired) electrons. The van der Waals surface area contributed by atoms with E-state index in [4.69, 9.17) is 11.5 Å². The minimum Gasteiger partial charge on any atom is -0.366 e. The minimum atomic E-state index is -0.584. The highest BCUT2D eigenvalue weighted by molar-refractivity contribution is 5.92. The van der Waals surface area contributed by atoms with E-state index in [0.29, 0.717) is 12.1 Å². The van der Waals surface area contributed by atoms with Gasteiger partial charge in [0.2, 0.25) is 5.91 Å². The number of carbonyl (C=O) groups is 1. The molecular weight excluding hydrogens is 235 g/mol. The topological polar surface area (TPSA) is 86.9 Å². The van der Waals surface area contributed by atoms with Crippen LogP contribution in [0.1, 0.15) is 21.5 Å². The van der Waals surface area contributed by atoms with Gasteiger partial charge in [-0.2, -0.15) is 5.10 Å². The third-order valence-electron chi connectivity index (χ3n) is 2.58. The lowest BCUT2D eigenvalue weighted by atomic mass is 10.1. The first-order valence-corrected chi connectivity index (χ1v) is 5.40. The Kier molecular flexibility index (Phi) is 3.38. The van der Waals surface area contributed by atoms with Gasteiger partial charge in [0.05, 0.1) is 12.7 Å². The van der Waals surface area contributed by atoms with Crippen LogP contribution in [0.4, 0.5) is 4.39 Å². The van der Waals surface area contributed by atoms with Crippen LogP contribution < -0.4 is 11.5 Å². The summed E-state index contributed by atoms with van der Waals surface area (Å²) in [6, 6.07) is 4.01. The van der Waals surface area contributed by atoms with Gasteiger partial charge in [-0.15, -0.1) is 0 Å². The predicted molar refractivity (Wildman–Crippen MR) is 64.1 cm³/mol. The first-order chi connectivity index (χ1) is 8.60. The van der Waals surface area contributed by atoms with Crippen molar-refractivity contribution in [2.45, 2.75) is 13.1 Å². The van der Waals surface area contributed by atoms with Crippen molar-refractivity contribution in [3.05, 3.63) is 53.1 Å². The van der Waals surface area contributed by atoms with Crippen molar-refractivity contribution in [2.75, 3.05) is 0 Å². The molecule has 0 aliphatic heterocycles. The third kappa shape index (κ3) is 2.54. The van der Waals surface area contributed by atoms with Crippen molar-refractivity contribution in [3.8, 4) is 0 Å². The highest BCUT2D eigenvalue weighted by Gasteiger charge is 2.08. The number of amides is 1. The smallest absolute Gasteiger partial charge is 0.248 e. The molecule has 0 spiro atoms. The Labute approximate surface area is 103 Å². The predicted octanol–water partition coefficient (Wildman–Crippen LogP) is 0.628. The lowest BCUT2D eigenvalue weighted by molar-refractivity contribution is 0.1000. The number of rotatable bonds is 4. The first kappa shape index (κ1) is 12.3. The Morgan fingerprint density at radius 1 is 1.44 bits per heavy atom. The monoisotopic (exact) mass is 248 g/mol. The van der Waals surface area contributed by atoms with Gasteiger partial charge in [-0.05, 0) is 18.2 Å². The van der Waals surface area contributed by atoms with Gasteiger partial charge in [0.25, 0.3) is 0 Å². The largest absolute Gasteiger partial charge is 0.366 e. The van der Waals surface area contributed by atoms with E-state index in [1.165, 1.54) is 18.2 Å². The molecule has 1 aromatic heterocycles. The van der Waals surface area contributed by atoms with Crippen LogP contribution in [0, 0.1) is 5.82 Å². The molecule has 1 aromatic carbocycles. The number of nitrogens with zero attached hydrogens (tertiary/aromatic N) is 2. The molecule has 0 atom stereocenters. The minimum absolute atomic E-state index is 0.229. The second kappa shape index (κ2) is 4.97. The number of hydrogen-bond acceptors (Lipinski definition) is 3. The zero-order valence-corrected chi connectivity index (χ0v) is 9.64. The van der Waals surface area contributed by atoms with Crippen molar-refractivity contribution >= 4 is 5.91 Å². The molecule has 6 heteroatoms. The summed E-state index contributed by atoms with van der Waals surface area (Å²) in [6.07, 6.45) is 3.35. The summed E-state index contributed by atoms with van der Waals surface area (Å²) in [5, 5.41) is 4.05. The Hall–Kier alpha value is -2.21. The maximum absolute atomic E-state index is 13.6. The molecule has 2 aromatic rings. The molecule has 0 fully saturated rings. The van der Waals surface area contributed by atoms with E-state index >= 15 is 0 Å². The summed E-state index contributed by atoms with van der Waals surface area (Å²) in [5.41, 5.74) is 12.1. The van der Waals surface area contributed by atoms with E-state index in [1.807, 2.05) is 0 Å². The second-order valence-corrected chi connectivity index (χ2v) is 3.92. The highest BCUT2D eigenvalue weighted by Crippen LogP contribution is 2.12. The quantitative estimate of drug-likeness (QED) is 0.831.